The van der Waals surface area contributed by atoms with Crippen molar-refractivity contribution < 1.29 is 4.79 Å². The molecule has 1 aromatic carbocycles. The summed E-state index contributed by atoms with van der Waals surface area (Å²) in [6, 6.07) is 7.61. The molecule has 0 aliphatic heterocycles. The number of carbonyl (C=O) groups is 1. The SMILES string of the molecule is C=C(C)c1cccc(C(=O)CC)c1. The first-order valence-electron chi connectivity index (χ1n) is 4.44. The number of carbonyl (C=O) groups excluding carboxylic acids is 1. The molecule has 0 atom stereocenters. The Balaban J connectivity index is 3.05. The first-order valence-corrected chi connectivity index (χ1v) is 4.44. The molecule has 0 saturated carbocycles. The summed E-state index contributed by atoms with van der Waals surface area (Å²) >= 11 is 0. The molecular weight excluding hydrogens is 160 g/mol. The van der Waals surface area contributed by atoms with Gasteiger partial charge in [-0.05, 0) is 18.6 Å². The van der Waals surface area contributed by atoms with Crippen molar-refractivity contribution in [3.63, 3.8) is 0 Å². The summed E-state index contributed by atoms with van der Waals surface area (Å²) in [5, 5.41) is 0. The van der Waals surface area contributed by atoms with E-state index in [1.54, 1.807) is 0 Å². The molecule has 0 saturated heterocycles. The lowest BCUT2D eigenvalue weighted by molar-refractivity contribution is 0.0988. The van der Waals surface area contributed by atoms with Gasteiger partial charge in [0.2, 0.25) is 0 Å². The molecular formula is C12H14O. The van der Waals surface area contributed by atoms with Crippen molar-refractivity contribution in [3.8, 4) is 0 Å². The van der Waals surface area contributed by atoms with Crippen molar-refractivity contribution in [2.24, 2.45) is 0 Å². The van der Waals surface area contributed by atoms with Gasteiger partial charge >= 0.3 is 0 Å². The topological polar surface area (TPSA) is 17.1 Å². The van der Waals surface area contributed by atoms with Crippen LogP contribution in [0, 0.1) is 0 Å². The molecule has 0 aliphatic rings. The minimum absolute atomic E-state index is 0.183. The third-order valence-electron chi connectivity index (χ3n) is 2.00. The Morgan fingerprint density at radius 2 is 2.00 bits per heavy atom. The second kappa shape index (κ2) is 4.04. The van der Waals surface area contributed by atoms with Crippen LogP contribution in [0.25, 0.3) is 5.57 Å². The molecule has 0 heterocycles. The minimum atomic E-state index is 0.183. The van der Waals surface area contributed by atoms with Crippen LogP contribution >= 0.6 is 0 Å². The zero-order valence-electron chi connectivity index (χ0n) is 8.13. The lowest BCUT2D eigenvalue weighted by atomic mass is 10.0. The zero-order chi connectivity index (χ0) is 9.84. The molecule has 1 nitrogen and oxygen atoms in total. The number of allylic oxidation sites excluding steroid dienone is 1. The van der Waals surface area contributed by atoms with E-state index in [9.17, 15) is 4.79 Å². The molecule has 13 heavy (non-hydrogen) atoms. The molecule has 0 radical (unpaired) electrons. The average Bonchev–Trinajstić information content (AvgIpc) is 2.17. The fourth-order valence-electron chi connectivity index (χ4n) is 1.16. The standard InChI is InChI=1S/C12H14O/c1-4-12(13)11-7-5-6-10(8-11)9(2)3/h5-8H,2,4H2,1,3H3. The van der Waals surface area contributed by atoms with E-state index in [1.807, 2.05) is 38.1 Å². The molecule has 68 valence electrons. The van der Waals surface area contributed by atoms with Gasteiger partial charge in [0.1, 0.15) is 0 Å². The lowest BCUT2D eigenvalue weighted by Gasteiger charge is -2.02. The van der Waals surface area contributed by atoms with E-state index >= 15 is 0 Å². The Hall–Kier alpha value is -1.37. The maximum Gasteiger partial charge on any atom is 0.162 e. The fraction of sp³-hybridized carbons (Fsp3) is 0.250. The second-order valence-electron chi connectivity index (χ2n) is 3.14. The van der Waals surface area contributed by atoms with Crippen molar-refractivity contribution in [2.45, 2.75) is 20.3 Å². The molecule has 0 unspecified atom stereocenters. The van der Waals surface area contributed by atoms with Crippen molar-refractivity contribution >= 4 is 11.4 Å². The first kappa shape index (κ1) is 9.72. The van der Waals surface area contributed by atoms with Crippen molar-refractivity contribution in [1.82, 2.24) is 0 Å². The van der Waals surface area contributed by atoms with Crippen LogP contribution in [0.1, 0.15) is 36.2 Å². The van der Waals surface area contributed by atoms with Crippen molar-refractivity contribution in [2.75, 3.05) is 0 Å². The predicted molar refractivity (Wildman–Crippen MR) is 55.8 cm³/mol. The van der Waals surface area contributed by atoms with Gasteiger partial charge in [-0.15, -0.1) is 0 Å². The molecule has 1 rings (SSSR count). The Kier molecular flexibility index (Phi) is 3.02. The van der Waals surface area contributed by atoms with Gasteiger partial charge in [-0.3, -0.25) is 4.79 Å². The van der Waals surface area contributed by atoms with E-state index in [2.05, 4.69) is 6.58 Å². The maximum absolute atomic E-state index is 11.4. The largest absolute Gasteiger partial charge is 0.294 e. The average molecular weight is 174 g/mol. The van der Waals surface area contributed by atoms with Crippen LogP contribution in [0.4, 0.5) is 0 Å². The summed E-state index contributed by atoms with van der Waals surface area (Å²) in [4.78, 5) is 11.4. The Bertz CT molecular complexity index is 337. The van der Waals surface area contributed by atoms with E-state index in [4.69, 9.17) is 0 Å². The number of benzene rings is 1. The zero-order valence-corrected chi connectivity index (χ0v) is 8.13. The van der Waals surface area contributed by atoms with E-state index in [0.29, 0.717) is 6.42 Å². The predicted octanol–water partition coefficient (Wildman–Crippen LogP) is 3.31. The summed E-state index contributed by atoms with van der Waals surface area (Å²) in [6.45, 7) is 7.65. The van der Waals surface area contributed by atoms with Crippen LogP contribution in [-0.2, 0) is 0 Å². The smallest absolute Gasteiger partial charge is 0.162 e. The Labute approximate surface area is 79.1 Å². The summed E-state index contributed by atoms with van der Waals surface area (Å²) in [6.07, 6.45) is 0.555. The van der Waals surface area contributed by atoms with E-state index in [-0.39, 0.29) is 5.78 Å². The fourth-order valence-corrected chi connectivity index (χ4v) is 1.16. The molecule has 1 heteroatoms. The van der Waals surface area contributed by atoms with Crippen molar-refractivity contribution in [3.05, 3.63) is 42.0 Å². The van der Waals surface area contributed by atoms with Crippen LogP contribution in [-0.4, -0.2) is 5.78 Å². The van der Waals surface area contributed by atoms with E-state index < -0.39 is 0 Å². The second-order valence-corrected chi connectivity index (χ2v) is 3.14. The molecule has 0 bridgehead atoms. The summed E-state index contributed by atoms with van der Waals surface area (Å²) in [5.74, 6) is 0.183. The molecule has 0 amide bonds. The van der Waals surface area contributed by atoms with Crippen LogP contribution in [0.2, 0.25) is 0 Å². The quantitative estimate of drug-likeness (QED) is 0.642. The van der Waals surface area contributed by atoms with Crippen molar-refractivity contribution in [1.29, 1.82) is 0 Å². The van der Waals surface area contributed by atoms with Gasteiger partial charge < -0.3 is 0 Å². The highest BCUT2D eigenvalue weighted by Gasteiger charge is 2.03. The molecule has 0 N–H and O–H groups in total. The first-order chi connectivity index (χ1) is 6.15. The van der Waals surface area contributed by atoms with Gasteiger partial charge in [0.25, 0.3) is 0 Å². The van der Waals surface area contributed by atoms with Crippen LogP contribution in [0.15, 0.2) is 30.8 Å². The number of ketones is 1. The van der Waals surface area contributed by atoms with E-state index in [0.717, 1.165) is 16.7 Å². The van der Waals surface area contributed by atoms with E-state index in [1.165, 1.54) is 0 Å². The number of hydrogen-bond acceptors (Lipinski definition) is 1. The molecule has 0 fully saturated rings. The minimum Gasteiger partial charge on any atom is -0.294 e. The molecule has 0 spiro atoms. The summed E-state index contributed by atoms with van der Waals surface area (Å²) < 4.78 is 0. The number of rotatable bonds is 3. The van der Waals surface area contributed by atoms with Crippen LogP contribution in [0.5, 0.6) is 0 Å². The number of Topliss-reactive ketones (excluding diaryl/α,β-unsaturated/α-hetero) is 1. The highest BCUT2D eigenvalue weighted by atomic mass is 16.1. The molecule has 1 aromatic rings. The normalized spacial score (nSPS) is 9.69. The molecule has 0 aliphatic carbocycles. The Morgan fingerprint density at radius 3 is 2.54 bits per heavy atom. The maximum atomic E-state index is 11.4. The van der Waals surface area contributed by atoms with Crippen LogP contribution < -0.4 is 0 Å². The third kappa shape index (κ3) is 2.28. The highest BCUT2D eigenvalue weighted by Crippen LogP contribution is 2.14. The van der Waals surface area contributed by atoms with Gasteiger partial charge in [0.15, 0.2) is 5.78 Å². The van der Waals surface area contributed by atoms with Gasteiger partial charge in [0, 0.05) is 12.0 Å². The summed E-state index contributed by atoms with van der Waals surface area (Å²) in [5.41, 5.74) is 2.81. The van der Waals surface area contributed by atoms with Gasteiger partial charge in [-0.2, -0.15) is 0 Å². The highest BCUT2D eigenvalue weighted by molar-refractivity contribution is 5.96. The third-order valence-corrected chi connectivity index (χ3v) is 2.00. The Morgan fingerprint density at radius 1 is 1.38 bits per heavy atom. The number of hydrogen-bond donors (Lipinski definition) is 0. The lowest BCUT2D eigenvalue weighted by Crippen LogP contribution is -1.96. The van der Waals surface area contributed by atoms with Crippen LogP contribution in [0.3, 0.4) is 0 Å². The monoisotopic (exact) mass is 174 g/mol. The summed E-state index contributed by atoms with van der Waals surface area (Å²) in [7, 11) is 0. The van der Waals surface area contributed by atoms with Gasteiger partial charge in [-0.25, -0.2) is 0 Å². The van der Waals surface area contributed by atoms with Gasteiger partial charge in [0.05, 0.1) is 0 Å². The van der Waals surface area contributed by atoms with Gasteiger partial charge in [-0.1, -0.05) is 37.3 Å². The molecule has 0 aromatic heterocycles.